The molecule has 0 radical (unpaired) electrons. The van der Waals surface area contributed by atoms with Crippen molar-refractivity contribution in [2.45, 2.75) is 32.4 Å². The zero-order chi connectivity index (χ0) is 16.7. The van der Waals surface area contributed by atoms with Gasteiger partial charge in [-0.15, -0.1) is 0 Å². The lowest BCUT2D eigenvalue weighted by Crippen LogP contribution is -2.61. The molecule has 1 fully saturated rings. The molecule has 2 unspecified atom stereocenters. The fourth-order valence-electron chi connectivity index (χ4n) is 2.75. The maximum Gasteiger partial charge on any atom is 0.336 e. The molecule has 2 N–H and O–H groups in total. The highest BCUT2D eigenvalue weighted by atomic mass is 16.4. The Kier molecular flexibility index (Phi) is 3.77. The molecule has 2 aromatic rings. The van der Waals surface area contributed by atoms with Crippen LogP contribution in [-0.4, -0.2) is 28.8 Å². The van der Waals surface area contributed by atoms with E-state index >= 15 is 0 Å². The molecule has 6 heteroatoms. The smallest absolute Gasteiger partial charge is 0.336 e. The van der Waals surface area contributed by atoms with Crippen LogP contribution in [0, 0.1) is 5.92 Å². The van der Waals surface area contributed by atoms with Crippen LogP contribution in [-0.2, 0) is 16.0 Å². The SMILES string of the molecule is CC(C)Cc1cc(=O)oc2cc(NC3C(=O)C(=O)C3O)ccc12. The van der Waals surface area contributed by atoms with Gasteiger partial charge in [0.2, 0.25) is 11.6 Å². The molecule has 3 rings (SSSR count). The molecule has 1 aromatic carbocycles. The van der Waals surface area contributed by atoms with Gasteiger partial charge in [-0.25, -0.2) is 4.79 Å². The Bertz CT molecular complexity index is 852. The van der Waals surface area contributed by atoms with Crippen LogP contribution < -0.4 is 10.9 Å². The molecule has 2 atom stereocenters. The van der Waals surface area contributed by atoms with Gasteiger partial charge in [-0.05, 0) is 30.0 Å². The van der Waals surface area contributed by atoms with Crippen molar-refractivity contribution in [2.75, 3.05) is 5.32 Å². The largest absolute Gasteiger partial charge is 0.423 e. The Hall–Kier alpha value is -2.47. The normalized spacial score (nSPS) is 20.9. The first-order chi connectivity index (χ1) is 10.9. The van der Waals surface area contributed by atoms with E-state index in [2.05, 4.69) is 19.2 Å². The van der Waals surface area contributed by atoms with Gasteiger partial charge in [0.05, 0.1) is 0 Å². The maximum atomic E-state index is 11.7. The number of carbonyl (C=O) groups excluding carboxylic acids is 2. The number of anilines is 1. The number of aliphatic hydroxyl groups is 1. The number of fused-ring (bicyclic) bond motifs is 1. The highest BCUT2D eigenvalue weighted by molar-refractivity contribution is 6.49. The van der Waals surface area contributed by atoms with Gasteiger partial charge in [0, 0.05) is 23.2 Å². The third-order valence-electron chi connectivity index (χ3n) is 3.89. The van der Waals surface area contributed by atoms with E-state index < -0.39 is 29.3 Å². The minimum atomic E-state index is -1.32. The van der Waals surface area contributed by atoms with Crippen LogP contribution in [0.15, 0.2) is 33.5 Å². The maximum absolute atomic E-state index is 11.7. The number of rotatable bonds is 4. The summed E-state index contributed by atoms with van der Waals surface area (Å²) in [5.41, 5.74) is 1.39. The van der Waals surface area contributed by atoms with Crippen molar-refractivity contribution in [3.05, 3.63) is 40.2 Å². The van der Waals surface area contributed by atoms with Gasteiger partial charge >= 0.3 is 5.63 Å². The molecule has 0 amide bonds. The summed E-state index contributed by atoms with van der Waals surface area (Å²) in [4.78, 5) is 34.2. The van der Waals surface area contributed by atoms with Crippen LogP contribution in [0.5, 0.6) is 0 Å². The molecular weight excluding hydrogens is 298 g/mol. The standard InChI is InChI=1S/C17H17NO5/c1-8(2)5-9-6-13(19)23-12-7-10(3-4-11(9)12)18-14-15(20)17(22)16(14)21/h3-4,6-8,14-15,18,20H,5H2,1-2H3. The van der Waals surface area contributed by atoms with E-state index in [1.165, 1.54) is 6.07 Å². The summed E-state index contributed by atoms with van der Waals surface area (Å²) in [6.07, 6.45) is -0.569. The van der Waals surface area contributed by atoms with Crippen molar-refractivity contribution < 1.29 is 19.1 Å². The first-order valence-electron chi connectivity index (χ1n) is 7.46. The molecule has 1 aliphatic rings. The van der Waals surface area contributed by atoms with E-state index in [0.29, 0.717) is 17.2 Å². The molecule has 1 heterocycles. The number of ketones is 2. The Morgan fingerprint density at radius 3 is 2.57 bits per heavy atom. The van der Waals surface area contributed by atoms with Crippen LogP contribution in [0.3, 0.4) is 0 Å². The van der Waals surface area contributed by atoms with Crippen molar-refractivity contribution in [3.8, 4) is 0 Å². The Morgan fingerprint density at radius 1 is 1.17 bits per heavy atom. The Balaban J connectivity index is 1.95. The number of benzene rings is 1. The molecule has 1 saturated carbocycles. The van der Waals surface area contributed by atoms with Gasteiger partial charge in [-0.1, -0.05) is 13.8 Å². The summed E-state index contributed by atoms with van der Waals surface area (Å²) in [7, 11) is 0. The number of carbonyl (C=O) groups is 2. The van der Waals surface area contributed by atoms with E-state index in [-0.39, 0.29) is 0 Å². The molecule has 6 nitrogen and oxygen atoms in total. The first kappa shape index (κ1) is 15.4. The number of hydrogen-bond acceptors (Lipinski definition) is 6. The van der Waals surface area contributed by atoms with E-state index in [1.807, 2.05) is 0 Å². The van der Waals surface area contributed by atoms with Gasteiger partial charge in [-0.2, -0.15) is 0 Å². The third kappa shape index (κ3) is 2.77. The van der Waals surface area contributed by atoms with E-state index in [4.69, 9.17) is 4.42 Å². The highest BCUT2D eigenvalue weighted by Crippen LogP contribution is 2.25. The van der Waals surface area contributed by atoms with Crippen LogP contribution in [0.2, 0.25) is 0 Å². The third-order valence-corrected chi connectivity index (χ3v) is 3.89. The van der Waals surface area contributed by atoms with Crippen molar-refractivity contribution in [3.63, 3.8) is 0 Å². The minimum absolute atomic E-state index is 0.395. The Morgan fingerprint density at radius 2 is 1.91 bits per heavy atom. The van der Waals surface area contributed by atoms with Crippen LogP contribution in [0.1, 0.15) is 19.4 Å². The molecule has 120 valence electrons. The molecule has 1 aromatic heterocycles. The zero-order valence-corrected chi connectivity index (χ0v) is 12.8. The van der Waals surface area contributed by atoms with E-state index in [0.717, 1.165) is 17.4 Å². The van der Waals surface area contributed by atoms with Gasteiger partial charge in [0.25, 0.3) is 0 Å². The molecule has 0 saturated heterocycles. The van der Waals surface area contributed by atoms with Gasteiger partial charge < -0.3 is 14.8 Å². The predicted octanol–water partition coefficient (Wildman–Crippen LogP) is 1.28. The van der Waals surface area contributed by atoms with Crippen molar-refractivity contribution in [2.24, 2.45) is 5.92 Å². The highest BCUT2D eigenvalue weighted by Gasteiger charge is 2.48. The lowest BCUT2D eigenvalue weighted by molar-refractivity contribution is -0.152. The average Bonchev–Trinajstić information content (AvgIpc) is 2.50. The van der Waals surface area contributed by atoms with Crippen molar-refractivity contribution in [1.29, 1.82) is 0 Å². The van der Waals surface area contributed by atoms with Crippen LogP contribution >= 0.6 is 0 Å². The average molecular weight is 315 g/mol. The van der Waals surface area contributed by atoms with Crippen molar-refractivity contribution in [1.82, 2.24) is 0 Å². The number of nitrogens with one attached hydrogen (secondary N) is 1. The molecule has 0 bridgehead atoms. The summed E-state index contributed by atoms with van der Waals surface area (Å²) in [5, 5.41) is 13.1. The van der Waals surface area contributed by atoms with Crippen LogP contribution in [0.25, 0.3) is 11.0 Å². The van der Waals surface area contributed by atoms with Gasteiger partial charge in [0.15, 0.2) is 0 Å². The molecule has 23 heavy (non-hydrogen) atoms. The summed E-state index contributed by atoms with van der Waals surface area (Å²) in [6, 6.07) is 5.69. The number of hydrogen-bond donors (Lipinski definition) is 2. The molecule has 0 spiro atoms. The van der Waals surface area contributed by atoms with Crippen molar-refractivity contribution >= 4 is 28.2 Å². The quantitative estimate of drug-likeness (QED) is 0.652. The predicted molar refractivity (Wildman–Crippen MR) is 84.5 cm³/mol. The molecule has 1 aliphatic carbocycles. The monoisotopic (exact) mass is 315 g/mol. The van der Waals surface area contributed by atoms with E-state index in [1.54, 1.807) is 18.2 Å². The summed E-state index contributed by atoms with van der Waals surface area (Å²) < 4.78 is 5.22. The molecular formula is C17H17NO5. The second-order valence-electron chi connectivity index (χ2n) is 6.19. The second kappa shape index (κ2) is 5.62. The number of Topliss-reactive ketones (excluding diaryl/α,β-unsaturated/α-hetero) is 2. The lowest BCUT2D eigenvalue weighted by atomic mass is 9.85. The Labute approximate surface area is 132 Å². The van der Waals surface area contributed by atoms with E-state index in [9.17, 15) is 19.5 Å². The molecule has 0 aliphatic heterocycles. The summed E-state index contributed by atoms with van der Waals surface area (Å²) in [5.74, 6) is -1.03. The summed E-state index contributed by atoms with van der Waals surface area (Å²) >= 11 is 0. The zero-order valence-electron chi connectivity index (χ0n) is 12.8. The summed E-state index contributed by atoms with van der Waals surface area (Å²) in [6.45, 7) is 4.13. The first-order valence-corrected chi connectivity index (χ1v) is 7.46. The number of aliphatic hydroxyl groups excluding tert-OH is 1. The van der Waals surface area contributed by atoms with Gasteiger partial charge in [0.1, 0.15) is 17.7 Å². The van der Waals surface area contributed by atoms with Gasteiger partial charge in [-0.3, -0.25) is 9.59 Å². The fourth-order valence-corrected chi connectivity index (χ4v) is 2.75. The fraction of sp³-hybridized carbons (Fsp3) is 0.353. The van der Waals surface area contributed by atoms with Crippen LogP contribution in [0.4, 0.5) is 5.69 Å². The topological polar surface area (TPSA) is 96.6 Å². The second-order valence-corrected chi connectivity index (χ2v) is 6.19. The lowest BCUT2D eigenvalue weighted by Gasteiger charge is -2.30. The minimum Gasteiger partial charge on any atom is -0.423 e.